The fourth-order valence-corrected chi connectivity index (χ4v) is 3.75. The van der Waals surface area contributed by atoms with Crippen molar-refractivity contribution < 1.29 is 4.79 Å². The number of amides is 2. The Bertz CT molecular complexity index is 530. The lowest BCUT2D eigenvalue weighted by atomic mass is 10.0. The number of urea groups is 1. The fourth-order valence-electron chi connectivity index (χ4n) is 3.75. The Morgan fingerprint density at radius 2 is 2.04 bits per heavy atom. The molecule has 2 aliphatic heterocycles. The molecule has 6 nitrogen and oxygen atoms in total. The molecular weight excluding hydrogens is 314 g/mol. The monoisotopic (exact) mass is 345 g/mol. The molecule has 0 saturated carbocycles. The Labute approximate surface area is 151 Å². The van der Waals surface area contributed by atoms with E-state index in [0.29, 0.717) is 0 Å². The zero-order valence-corrected chi connectivity index (χ0v) is 15.4. The van der Waals surface area contributed by atoms with Crippen LogP contribution in [0.5, 0.6) is 0 Å². The smallest absolute Gasteiger partial charge is 0.317 e. The SMILES string of the molecule is CC1CCCN(CCNC(=O)N2CCN(Cc3ccccn3)CC2)C1. The molecule has 0 aliphatic carbocycles. The number of nitrogens with one attached hydrogen (secondary N) is 1. The number of carbonyl (C=O) groups excluding carboxylic acids is 1. The molecule has 0 radical (unpaired) electrons. The van der Waals surface area contributed by atoms with Crippen molar-refractivity contribution in [1.29, 1.82) is 0 Å². The molecule has 1 atom stereocenters. The first kappa shape index (κ1) is 18.1. The summed E-state index contributed by atoms with van der Waals surface area (Å²) in [6.45, 7) is 10.6. The Morgan fingerprint density at radius 3 is 2.76 bits per heavy atom. The number of likely N-dealkylation sites (tertiary alicyclic amines) is 1. The normalized spacial score (nSPS) is 22.8. The molecule has 2 amide bonds. The van der Waals surface area contributed by atoms with Crippen molar-refractivity contribution in [2.75, 3.05) is 52.4 Å². The van der Waals surface area contributed by atoms with Crippen LogP contribution in [-0.4, -0.2) is 78.1 Å². The molecule has 6 heteroatoms. The molecule has 138 valence electrons. The molecular formula is C19H31N5O. The predicted molar refractivity (Wildman–Crippen MR) is 99.3 cm³/mol. The summed E-state index contributed by atoms with van der Waals surface area (Å²) < 4.78 is 0. The summed E-state index contributed by atoms with van der Waals surface area (Å²) in [6, 6.07) is 6.11. The largest absolute Gasteiger partial charge is 0.337 e. The number of aromatic nitrogens is 1. The average Bonchev–Trinajstić information content (AvgIpc) is 2.63. The van der Waals surface area contributed by atoms with Crippen LogP contribution in [0.3, 0.4) is 0 Å². The van der Waals surface area contributed by atoms with Gasteiger partial charge < -0.3 is 15.1 Å². The predicted octanol–water partition coefficient (Wildman–Crippen LogP) is 1.64. The van der Waals surface area contributed by atoms with Gasteiger partial charge in [0.1, 0.15) is 0 Å². The number of rotatable bonds is 5. The Kier molecular flexibility index (Phi) is 6.64. The van der Waals surface area contributed by atoms with Gasteiger partial charge in [0.05, 0.1) is 5.69 Å². The van der Waals surface area contributed by atoms with Crippen molar-refractivity contribution in [2.45, 2.75) is 26.3 Å². The highest BCUT2D eigenvalue weighted by Crippen LogP contribution is 2.14. The van der Waals surface area contributed by atoms with E-state index in [1.54, 1.807) is 0 Å². The van der Waals surface area contributed by atoms with Crippen molar-refractivity contribution in [3.05, 3.63) is 30.1 Å². The van der Waals surface area contributed by atoms with Gasteiger partial charge in [-0.05, 0) is 37.4 Å². The molecule has 0 spiro atoms. The highest BCUT2D eigenvalue weighted by atomic mass is 16.2. The van der Waals surface area contributed by atoms with Crippen LogP contribution >= 0.6 is 0 Å². The van der Waals surface area contributed by atoms with Gasteiger partial charge in [0.25, 0.3) is 0 Å². The molecule has 1 N–H and O–H groups in total. The minimum absolute atomic E-state index is 0.0857. The lowest BCUT2D eigenvalue weighted by Gasteiger charge is -2.35. The minimum atomic E-state index is 0.0857. The standard InChI is InChI=1S/C19H31N5O/c1-17-5-4-9-22(15-17)10-8-21-19(25)24-13-11-23(12-14-24)16-18-6-2-3-7-20-18/h2-3,6-7,17H,4-5,8-16H2,1H3,(H,21,25). The van der Waals surface area contributed by atoms with Crippen molar-refractivity contribution in [3.63, 3.8) is 0 Å². The molecule has 0 bridgehead atoms. The van der Waals surface area contributed by atoms with Crippen LogP contribution in [-0.2, 0) is 6.54 Å². The highest BCUT2D eigenvalue weighted by molar-refractivity contribution is 5.74. The maximum absolute atomic E-state index is 12.3. The first-order chi connectivity index (χ1) is 12.2. The van der Waals surface area contributed by atoms with E-state index in [1.807, 2.05) is 23.2 Å². The van der Waals surface area contributed by atoms with Crippen LogP contribution in [0, 0.1) is 5.92 Å². The topological polar surface area (TPSA) is 51.7 Å². The maximum Gasteiger partial charge on any atom is 0.317 e. The summed E-state index contributed by atoms with van der Waals surface area (Å²) in [7, 11) is 0. The molecule has 1 aromatic rings. The van der Waals surface area contributed by atoms with Gasteiger partial charge in [0, 0.05) is 58.6 Å². The lowest BCUT2D eigenvalue weighted by molar-refractivity contribution is 0.132. The molecule has 3 rings (SSSR count). The van der Waals surface area contributed by atoms with Gasteiger partial charge in [-0.2, -0.15) is 0 Å². The Morgan fingerprint density at radius 1 is 1.20 bits per heavy atom. The number of hydrogen-bond acceptors (Lipinski definition) is 4. The van der Waals surface area contributed by atoms with Gasteiger partial charge in [-0.1, -0.05) is 13.0 Å². The number of pyridine rings is 1. The van der Waals surface area contributed by atoms with Crippen LogP contribution in [0.4, 0.5) is 4.79 Å². The second-order valence-electron chi connectivity index (χ2n) is 7.36. The molecule has 1 aromatic heterocycles. The average molecular weight is 345 g/mol. The van der Waals surface area contributed by atoms with Crippen LogP contribution in [0.2, 0.25) is 0 Å². The number of hydrogen-bond donors (Lipinski definition) is 1. The Hall–Kier alpha value is -1.66. The van der Waals surface area contributed by atoms with E-state index >= 15 is 0 Å². The first-order valence-corrected chi connectivity index (χ1v) is 9.58. The van der Waals surface area contributed by atoms with Gasteiger partial charge in [0.2, 0.25) is 0 Å². The fraction of sp³-hybridized carbons (Fsp3) is 0.684. The molecule has 2 aliphatic rings. The molecule has 1 unspecified atom stereocenters. The summed E-state index contributed by atoms with van der Waals surface area (Å²) in [5.41, 5.74) is 1.09. The van der Waals surface area contributed by atoms with Crippen molar-refractivity contribution in [2.24, 2.45) is 5.92 Å². The second-order valence-corrected chi connectivity index (χ2v) is 7.36. The van der Waals surface area contributed by atoms with Gasteiger partial charge >= 0.3 is 6.03 Å². The minimum Gasteiger partial charge on any atom is -0.337 e. The summed E-state index contributed by atoms with van der Waals surface area (Å²) >= 11 is 0. The van der Waals surface area contributed by atoms with Gasteiger partial charge in [-0.3, -0.25) is 9.88 Å². The van der Waals surface area contributed by atoms with E-state index in [4.69, 9.17) is 0 Å². The molecule has 2 fully saturated rings. The Balaban J connectivity index is 1.32. The highest BCUT2D eigenvalue weighted by Gasteiger charge is 2.21. The maximum atomic E-state index is 12.3. The summed E-state index contributed by atoms with van der Waals surface area (Å²) in [4.78, 5) is 23.5. The van der Waals surface area contributed by atoms with E-state index in [1.165, 1.54) is 25.9 Å². The van der Waals surface area contributed by atoms with Crippen LogP contribution in [0.25, 0.3) is 0 Å². The number of nitrogens with zero attached hydrogens (tertiary/aromatic N) is 4. The second kappa shape index (κ2) is 9.15. The van der Waals surface area contributed by atoms with Crippen molar-refractivity contribution >= 4 is 6.03 Å². The van der Waals surface area contributed by atoms with E-state index in [9.17, 15) is 4.79 Å². The lowest BCUT2D eigenvalue weighted by Crippen LogP contribution is -2.52. The van der Waals surface area contributed by atoms with E-state index in [2.05, 4.69) is 33.1 Å². The molecule has 25 heavy (non-hydrogen) atoms. The summed E-state index contributed by atoms with van der Waals surface area (Å²) in [5, 5.41) is 3.09. The van der Waals surface area contributed by atoms with Gasteiger partial charge in [-0.15, -0.1) is 0 Å². The van der Waals surface area contributed by atoms with Gasteiger partial charge in [-0.25, -0.2) is 4.79 Å². The van der Waals surface area contributed by atoms with Crippen LogP contribution in [0.1, 0.15) is 25.5 Å². The van der Waals surface area contributed by atoms with E-state index in [0.717, 1.165) is 57.4 Å². The van der Waals surface area contributed by atoms with Crippen LogP contribution < -0.4 is 5.32 Å². The van der Waals surface area contributed by atoms with E-state index in [-0.39, 0.29) is 6.03 Å². The zero-order valence-electron chi connectivity index (χ0n) is 15.4. The van der Waals surface area contributed by atoms with Crippen molar-refractivity contribution in [1.82, 2.24) is 25.0 Å². The van der Waals surface area contributed by atoms with Crippen LogP contribution in [0.15, 0.2) is 24.4 Å². The molecule has 3 heterocycles. The van der Waals surface area contributed by atoms with E-state index < -0.39 is 0 Å². The zero-order chi connectivity index (χ0) is 17.5. The molecule has 0 aromatic carbocycles. The first-order valence-electron chi connectivity index (χ1n) is 9.58. The third-order valence-electron chi connectivity index (χ3n) is 5.22. The summed E-state index contributed by atoms with van der Waals surface area (Å²) in [6.07, 6.45) is 4.46. The summed E-state index contributed by atoms with van der Waals surface area (Å²) in [5.74, 6) is 0.789. The third kappa shape index (κ3) is 5.68. The quantitative estimate of drug-likeness (QED) is 0.881. The van der Waals surface area contributed by atoms with Gasteiger partial charge in [0.15, 0.2) is 0 Å². The number of carbonyl (C=O) groups is 1. The molecule has 2 saturated heterocycles. The van der Waals surface area contributed by atoms with Crippen molar-refractivity contribution in [3.8, 4) is 0 Å². The number of piperidine rings is 1. The third-order valence-corrected chi connectivity index (χ3v) is 5.22. The number of piperazine rings is 1.